The standard InChI is InChI=1S/C52H81NO12/c1-31-16-12-11-13-17-32(2)45(62-8)30-40-21-19-37(7)52(61,65-40)50(59)51(60)53-23-15-14-18-41(53)44(56)29-39(33(3)26-38-20-22-42(54)46(27-38)63-9)28-43(55)34(4)25-36(6)48(58)49(64-10)47(57)35(5)24-31/h11-13,16-17,25,31,33-35,37-42,45-46,48-49,54,58,61H,14-15,18-24,26-30H2,1-10H3/b13-11?,16-12+,32-17?,36-25-. The van der Waals surface area contributed by atoms with Gasteiger partial charge in [0.2, 0.25) is 5.79 Å². The maximum Gasteiger partial charge on any atom is 0.296 e. The number of rotatable bonds is 6. The number of hydrogen-bond donors (Lipinski definition) is 3. The maximum absolute atomic E-state index is 14.6. The number of ether oxygens (including phenoxy) is 4. The van der Waals surface area contributed by atoms with Crippen molar-refractivity contribution in [2.24, 2.45) is 41.4 Å². The Kier molecular flexibility index (Phi) is 21.2. The van der Waals surface area contributed by atoms with Gasteiger partial charge in [0.05, 0.1) is 30.5 Å². The molecule has 4 aliphatic rings. The van der Waals surface area contributed by atoms with E-state index in [-0.39, 0.29) is 60.6 Å². The summed E-state index contributed by atoms with van der Waals surface area (Å²) in [5.74, 6) is -7.12. The monoisotopic (exact) mass is 912 g/mol. The van der Waals surface area contributed by atoms with Gasteiger partial charge in [0.25, 0.3) is 11.7 Å². The molecule has 0 spiro atoms. The Balaban J connectivity index is 1.70. The van der Waals surface area contributed by atoms with Crippen LogP contribution in [0.3, 0.4) is 0 Å². The van der Waals surface area contributed by atoms with Gasteiger partial charge >= 0.3 is 0 Å². The number of aliphatic hydroxyl groups excluding tert-OH is 2. The lowest BCUT2D eigenvalue weighted by Gasteiger charge is -2.43. The Morgan fingerprint density at radius 3 is 2.20 bits per heavy atom. The van der Waals surface area contributed by atoms with E-state index in [1.807, 2.05) is 58.1 Å². The topological polar surface area (TPSA) is 186 Å². The van der Waals surface area contributed by atoms with E-state index in [1.165, 1.54) is 12.0 Å². The fourth-order valence-electron chi connectivity index (χ4n) is 10.6. The molecule has 0 radical (unpaired) electrons. The van der Waals surface area contributed by atoms with Crippen molar-refractivity contribution < 1.29 is 58.2 Å². The molecule has 366 valence electrons. The molecule has 1 amide bonds. The molecule has 2 saturated heterocycles. The van der Waals surface area contributed by atoms with Crippen molar-refractivity contribution in [2.45, 2.75) is 180 Å². The maximum atomic E-state index is 14.6. The average Bonchev–Trinajstić information content (AvgIpc) is 3.28. The van der Waals surface area contributed by atoms with Crippen LogP contribution >= 0.6 is 0 Å². The molecular weight excluding hydrogens is 831 g/mol. The van der Waals surface area contributed by atoms with Gasteiger partial charge in [-0.25, -0.2) is 0 Å². The van der Waals surface area contributed by atoms with Gasteiger partial charge in [0, 0.05) is 64.9 Å². The van der Waals surface area contributed by atoms with Crippen LogP contribution in [0.25, 0.3) is 0 Å². The normalized spacial score (nSPS) is 39.2. The molecule has 2 bridgehead atoms. The first kappa shape index (κ1) is 54.4. The number of Topliss-reactive ketones (excluding diaryl/α,β-unsaturated/α-hetero) is 4. The molecule has 3 heterocycles. The van der Waals surface area contributed by atoms with Crippen LogP contribution in [0.1, 0.15) is 132 Å². The molecule has 13 nitrogen and oxygen atoms in total. The molecule has 3 fully saturated rings. The third kappa shape index (κ3) is 14.4. The number of fused-ring (bicyclic) bond motifs is 3. The summed E-state index contributed by atoms with van der Waals surface area (Å²) in [7, 11) is 4.57. The molecule has 13 heteroatoms. The number of carbonyl (C=O) groups excluding carboxylic acids is 5. The number of carbonyl (C=O) groups is 5. The van der Waals surface area contributed by atoms with Crippen molar-refractivity contribution >= 4 is 29.0 Å². The van der Waals surface area contributed by atoms with E-state index in [0.717, 1.165) is 12.0 Å². The first-order valence-electron chi connectivity index (χ1n) is 24.2. The SMILES string of the molecule is COC1CC2CCC(C)C(O)(O2)C(=O)C(=O)N2CCCCC2C(=O)CC(C(C)CC2CCC(O)C(OC)C2)CC(=O)C(C)/C=C(/C)C(O)C(OC)C(=O)C(C)CC(C)/C=C/C=CC=C1C. The third-order valence-electron chi connectivity index (χ3n) is 15.0. The van der Waals surface area contributed by atoms with Crippen LogP contribution in [0.4, 0.5) is 0 Å². The molecule has 0 aromatic rings. The molecule has 3 N–H and O–H groups in total. The number of aliphatic hydroxyl groups is 3. The molecule has 3 aliphatic heterocycles. The zero-order valence-corrected chi connectivity index (χ0v) is 40.9. The van der Waals surface area contributed by atoms with E-state index in [2.05, 4.69) is 0 Å². The summed E-state index contributed by atoms with van der Waals surface area (Å²) in [6.07, 6.45) is 13.2. The van der Waals surface area contributed by atoms with E-state index < -0.39 is 77.7 Å². The highest BCUT2D eigenvalue weighted by Gasteiger charge is 2.53. The van der Waals surface area contributed by atoms with Crippen molar-refractivity contribution in [2.75, 3.05) is 27.9 Å². The van der Waals surface area contributed by atoms with Gasteiger partial charge < -0.3 is 39.2 Å². The predicted octanol–water partition coefficient (Wildman–Crippen LogP) is 6.84. The van der Waals surface area contributed by atoms with Crippen molar-refractivity contribution in [3.63, 3.8) is 0 Å². The second-order valence-electron chi connectivity index (χ2n) is 20.0. The Morgan fingerprint density at radius 1 is 0.815 bits per heavy atom. The Hall–Kier alpha value is -3.17. The minimum absolute atomic E-state index is 0.0118. The van der Waals surface area contributed by atoms with E-state index in [4.69, 9.17) is 18.9 Å². The molecule has 1 aliphatic carbocycles. The summed E-state index contributed by atoms with van der Waals surface area (Å²) in [6.45, 7) is 13.1. The minimum atomic E-state index is -2.39. The fraction of sp³-hybridized carbons (Fsp3) is 0.750. The lowest BCUT2D eigenvalue weighted by Crippen LogP contribution is -2.60. The Labute approximate surface area is 388 Å². The van der Waals surface area contributed by atoms with Crippen LogP contribution < -0.4 is 0 Å². The second kappa shape index (κ2) is 25.3. The van der Waals surface area contributed by atoms with Crippen LogP contribution in [-0.4, -0.2) is 126 Å². The summed E-state index contributed by atoms with van der Waals surface area (Å²) in [5.41, 5.74) is 1.32. The number of ketones is 4. The first-order chi connectivity index (χ1) is 30.7. The van der Waals surface area contributed by atoms with Crippen LogP contribution in [0.5, 0.6) is 0 Å². The van der Waals surface area contributed by atoms with Gasteiger partial charge in [0.15, 0.2) is 11.6 Å². The van der Waals surface area contributed by atoms with Crippen molar-refractivity contribution in [1.29, 1.82) is 0 Å². The number of hydrogen-bond acceptors (Lipinski definition) is 12. The quantitative estimate of drug-likeness (QED) is 0.186. The van der Waals surface area contributed by atoms with Gasteiger partial charge in [-0.15, -0.1) is 0 Å². The predicted molar refractivity (Wildman–Crippen MR) is 248 cm³/mol. The molecule has 15 atom stereocenters. The summed E-state index contributed by atoms with van der Waals surface area (Å²) < 4.78 is 23.2. The van der Waals surface area contributed by atoms with E-state index in [1.54, 1.807) is 41.1 Å². The highest BCUT2D eigenvalue weighted by atomic mass is 16.6. The average molecular weight is 912 g/mol. The summed E-state index contributed by atoms with van der Waals surface area (Å²) in [4.78, 5) is 72.3. The molecule has 0 aromatic heterocycles. The van der Waals surface area contributed by atoms with Crippen LogP contribution in [0, 0.1) is 41.4 Å². The zero-order chi connectivity index (χ0) is 48.2. The van der Waals surface area contributed by atoms with E-state index in [9.17, 15) is 39.3 Å². The van der Waals surface area contributed by atoms with Crippen LogP contribution in [0.15, 0.2) is 47.6 Å². The van der Waals surface area contributed by atoms with Crippen LogP contribution in [0.2, 0.25) is 0 Å². The van der Waals surface area contributed by atoms with E-state index in [0.29, 0.717) is 69.8 Å². The van der Waals surface area contributed by atoms with Gasteiger partial charge in [0.1, 0.15) is 18.0 Å². The zero-order valence-electron chi connectivity index (χ0n) is 40.9. The van der Waals surface area contributed by atoms with Gasteiger partial charge in [-0.1, -0.05) is 71.1 Å². The van der Waals surface area contributed by atoms with Crippen LogP contribution in [-0.2, 0) is 42.9 Å². The molecule has 4 rings (SSSR count). The van der Waals surface area contributed by atoms with E-state index >= 15 is 0 Å². The van der Waals surface area contributed by atoms with Gasteiger partial charge in [-0.2, -0.15) is 0 Å². The molecule has 0 aromatic carbocycles. The number of allylic oxidation sites excluding steroid dienone is 6. The molecule has 15 unspecified atom stereocenters. The minimum Gasteiger partial charge on any atom is -0.390 e. The van der Waals surface area contributed by atoms with Gasteiger partial charge in [-0.05, 0) is 113 Å². The molecule has 1 saturated carbocycles. The summed E-state index contributed by atoms with van der Waals surface area (Å²) in [6, 6.07) is -0.917. The Morgan fingerprint density at radius 2 is 1.52 bits per heavy atom. The Bertz CT molecular complexity index is 1750. The molecular formula is C52H81NO12. The fourth-order valence-corrected chi connectivity index (χ4v) is 10.6. The number of amides is 1. The lowest BCUT2D eigenvalue weighted by molar-refractivity contribution is -0.265. The smallest absolute Gasteiger partial charge is 0.296 e. The highest BCUT2D eigenvalue weighted by molar-refractivity contribution is 6.39. The summed E-state index contributed by atoms with van der Waals surface area (Å²) in [5, 5.41) is 33.9. The number of methoxy groups -OCH3 is 3. The molecule has 65 heavy (non-hydrogen) atoms. The summed E-state index contributed by atoms with van der Waals surface area (Å²) >= 11 is 0. The number of nitrogens with zero attached hydrogens (tertiary/aromatic N) is 1. The second-order valence-corrected chi connectivity index (χ2v) is 20.0. The highest BCUT2D eigenvalue weighted by Crippen LogP contribution is 2.39. The lowest BCUT2D eigenvalue weighted by atomic mass is 9.74. The van der Waals surface area contributed by atoms with Crippen molar-refractivity contribution in [3.05, 3.63) is 47.6 Å². The number of piperidine rings is 1. The van der Waals surface area contributed by atoms with Gasteiger partial charge in [-0.3, -0.25) is 24.0 Å². The first-order valence-corrected chi connectivity index (χ1v) is 24.2. The third-order valence-corrected chi connectivity index (χ3v) is 15.0. The van der Waals surface area contributed by atoms with Crippen molar-refractivity contribution in [3.8, 4) is 0 Å². The largest absolute Gasteiger partial charge is 0.390 e. The van der Waals surface area contributed by atoms with Crippen molar-refractivity contribution in [1.82, 2.24) is 4.90 Å².